The zero-order valence-electron chi connectivity index (χ0n) is 27.3. The maximum Gasteiger partial charge on any atom is 0.438 e. The van der Waals surface area contributed by atoms with Crippen molar-refractivity contribution in [1.29, 1.82) is 0 Å². The van der Waals surface area contributed by atoms with Crippen LogP contribution in [0.4, 0.5) is 13.2 Å². The van der Waals surface area contributed by atoms with E-state index in [-0.39, 0.29) is 18.4 Å². The van der Waals surface area contributed by atoms with Crippen molar-refractivity contribution in [2.45, 2.75) is 49.7 Å². The van der Waals surface area contributed by atoms with Crippen LogP contribution in [0.3, 0.4) is 0 Å². The standard InChI is InChI=1S/C39H37F3N4O3S/c40-39(41,42)25-46(49)37(48)38(31-15-5-3-11-27(31)28-12-4-6-16-32(28)38)21-9-10-22-45-23-19-26(20-24-45)43-35(47)29-13-1-2-14-30(29)36-44-33-17-7-8-18-34(33)50-36/h1-8,11-18,26,46H,9-10,19-25H2,(H,43,47). The second kappa shape index (κ2) is 14.1. The maximum atomic E-state index is 13.8. The number of carbonyl (C=O) groups excluding carboxylic acids is 2. The fourth-order valence-corrected chi connectivity index (χ4v) is 8.60. The van der Waals surface area contributed by atoms with Crippen molar-refractivity contribution >= 4 is 33.4 Å². The molecule has 2 aliphatic rings. The summed E-state index contributed by atoms with van der Waals surface area (Å²) in [7, 11) is 0. The Morgan fingerprint density at radius 2 is 1.46 bits per heavy atom. The number of halogens is 3. The predicted molar refractivity (Wildman–Crippen MR) is 189 cm³/mol. The summed E-state index contributed by atoms with van der Waals surface area (Å²) in [5.74, 6) is -1.11. The number of fused-ring (bicyclic) bond motifs is 4. The highest BCUT2D eigenvalue weighted by molar-refractivity contribution is 7.21. The van der Waals surface area contributed by atoms with Gasteiger partial charge in [-0.1, -0.05) is 85.3 Å². The van der Waals surface area contributed by atoms with Gasteiger partial charge in [-0.2, -0.15) is 13.2 Å². The molecule has 7 rings (SSSR count). The minimum absolute atomic E-state index is 0.0224. The number of hydrogen-bond donors (Lipinski definition) is 2. The zero-order chi connectivity index (χ0) is 34.9. The van der Waals surface area contributed by atoms with Crippen LogP contribution in [0.2, 0.25) is 0 Å². The molecule has 2 amide bonds. The fraction of sp³-hybridized carbons (Fsp3) is 0.308. The molecule has 0 saturated carbocycles. The molecule has 1 unspecified atom stereocenters. The molecular formula is C39H37F3N4O3S. The lowest BCUT2D eigenvalue weighted by molar-refractivity contribution is -0.782. The average Bonchev–Trinajstić information content (AvgIpc) is 3.68. The van der Waals surface area contributed by atoms with Gasteiger partial charge in [-0.25, -0.2) is 9.78 Å². The van der Waals surface area contributed by atoms with Crippen LogP contribution in [0.5, 0.6) is 0 Å². The van der Waals surface area contributed by atoms with Crippen LogP contribution in [0.1, 0.15) is 53.6 Å². The number of rotatable bonds is 10. The molecule has 2 N–H and O–H groups in total. The Bertz CT molecular complexity index is 1940. The van der Waals surface area contributed by atoms with E-state index in [9.17, 15) is 28.0 Å². The first-order valence-electron chi connectivity index (χ1n) is 17.0. The molecule has 1 aliphatic carbocycles. The Kier molecular flexibility index (Phi) is 9.58. The molecule has 2 heterocycles. The number of unbranched alkanes of at least 4 members (excludes halogenated alkanes) is 1. The molecule has 0 radical (unpaired) electrons. The third-order valence-electron chi connectivity index (χ3n) is 9.96. The van der Waals surface area contributed by atoms with E-state index in [1.165, 1.54) is 0 Å². The van der Waals surface area contributed by atoms with Crippen molar-refractivity contribution in [3.63, 3.8) is 0 Å². The number of benzene rings is 4. The molecule has 50 heavy (non-hydrogen) atoms. The number of nitrogens with zero attached hydrogens (tertiary/aromatic N) is 2. The number of carbonyl (C=O) groups is 2. The molecule has 0 spiro atoms. The summed E-state index contributed by atoms with van der Waals surface area (Å²) >= 11 is 1.57. The van der Waals surface area contributed by atoms with Gasteiger partial charge in [-0.3, -0.25) is 4.79 Å². The van der Waals surface area contributed by atoms with Crippen molar-refractivity contribution in [3.05, 3.63) is 119 Å². The zero-order valence-corrected chi connectivity index (χ0v) is 28.2. The van der Waals surface area contributed by atoms with Gasteiger partial charge in [-0.05, 0) is 72.7 Å². The molecular weight excluding hydrogens is 662 g/mol. The summed E-state index contributed by atoms with van der Waals surface area (Å²) in [4.78, 5) is 34.4. The second-order valence-electron chi connectivity index (χ2n) is 13.1. The van der Waals surface area contributed by atoms with E-state index in [0.717, 1.165) is 64.4 Å². The van der Waals surface area contributed by atoms with Crippen LogP contribution < -0.4 is 10.4 Å². The van der Waals surface area contributed by atoms with Crippen LogP contribution in [-0.2, 0) is 10.2 Å². The van der Waals surface area contributed by atoms with Crippen molar-refractivity contribution < 1.29 is 27.8 Å². The molecule has 5 aromatic rings. The summed E-state index contributed by atoms with van der Waals surface area (Å²) in [6.45, 7) is 0.538. The van der Waals surface area contributed by atoms with E-state index in [4.69, 9.17) is 4.98 Å². The normalized spacial score (nSPS) is 16.6. The summed E-state index contributed by atoms with van der Waals surface area (Å²) in [5.41, 5.74) is 3.63. The number of quaternary nitrogens is 1. The summed E-state index contributed by atoms with van der Waals surface area (Å²) in [6.07, 6.45) is -1.71. The highest BCUT2D eigenvalue weighted by Crippen LogP contribution is 2.51. The molecule has 1 saturated heterocycles. The topological polar surface area (TPSA) is 89.8 Å². The van der Waals surface area contributed by atoms with E-state index in [1.807, 2.05) is 72.8 Å². The highest BCUT2D eigenvalue weighted by Gasteiger charge is 2.53. The molecule has 1 fully saturated rings. The number of amides is 2. The van der Waals surface area contributed by atoms with Crippen LogP contribution in [-0.4, -0.2) is 60.1 Å². The lowest BCUT2D eigenvalue weighted by atomic mass is 9.73. The number of thiazole rings is 1. The lowest BCUT2D eigenvalue weighted by Crippen LogP contribution is -3.13. The SMILES string of the molecule is O=C(NC1CCN(CCCCC2(C(=O)[NH+]([O-])CC(F)(F)F)c3ccccc3-c3ccccc32)CC1)c1ccccc1-c1nc2ccccc2s1. The van der Waals surface area contributed by atoms with Gasteiger partial charge in [0, 0.05) is 30.3 Å². The van der Waals surface area contributed by atoms with Gasteiger partial charge in [0.05, 0.1) is 10.2 Å². The van der Waals surface area contributed by atoms with Gasteiger partial charge in [0.2, 0.25) is 0 Å². The first kappa shape index (κ1) is 34.0. The molecule has 258 valence electrons. The van der Waals surface area contributed by atoms with Gasteiger partial charge < -0.3 is 20.5 Å². The van der Waals surface area contributed by atoms with Gasteiger partial charge >= 0.3 is 12.1 Å². The van der Waals surface area contributed by atoms with E-state index in [1.54, 1.807) is 35.6 Å². The van der Waals surface area contributed by atoms with Crippen molar-refractivity contribution in [1.82, 2.24) is 15.2 Å². The van der Waals surface area contributed by atoms with Crippen molar-refractivity contribution in [2.75, 3.05) is 26.2 Å². The Labute approximate surface area is 292 Å². The van der Waals surface area contributed by atoms with Gasteiger partial charge in [0.25, 0.3) is 5.91 Å². The summed E-state index contributed by atoms with van der Waals surface area (Å²) in [6, 6.07) is 30.0. The van der Waals surface area contributed by atoms with Crippen LogP contribution >= 0.6 is 11.3 Å². The predicted octanol–water partition coefficient (Wildman–Crippen LogP) is 6.77. The minimum atomic E-state index is -4.77. The smallest absolute Gasteiger partial charge is 0.438 e. The van der Waals surface area contributed by atoms with Crippen molar-refractivity contribution in [2.24, 2.45) is 0 Å². The van der Waals surface area contributed by atoms with Gasteiger partial charge in [-0.15, -0.1) is 11.3 Å². The third kappa shape index (κ3) is 6.70. The first-order chi connectivity index (χ1) is 24.1. The number of hydrogen-bond acceptors (Lipinski definition) is 6. The van der Waals surface area contributed by atoms with E-state index < -0.39 is 29.1 Å². The van der Waals surface area contributed by atoms with Crippen molar-refractivity contribution in [3.8, 4) is 21.7 Å². The quantitative estimate of drug-likeness (QED) is 0.124. The Morgan fingerprint density at radius 3 is 2.12 bits per heavy atom. The molecule has 0 bridgehead atoms. The molecule has 1 atom stereocenters. The monoisotopic (exact) mass is 698 g/mol. The summed E-state index contributed by atoms with van der Waals surface area (Å²) < 4.78 is 40.9. The molecule has 7 nitrogen and oxygen atoms in total. The molecule has 4 aromatic carbocycles. The fourth-order valence-electron chi connectivity index (χ4n) is 7.60. The van der Waals surface area contributed by atoms with Crippen LogP contribution in [0.25, 0.3) is 31.9 Å². The Hall–Kier alpha value is -4.42. The number of hydroxylamine groups is 2. The highest BCUT2D eigenvalue weighted by atomic mass is 32.1. The van der Waals surface area contributed by atoms with Crippen LogP contribution in [0, 0.1) is 5.21 Å². The minimum Gasteiger partial charge on any atom is -0.626 e. The molecule has 11 heteroatoms. The number of nitrogens with one attached hydrogen (secondary N) is 2. The largest absolute Gasteiger partial charge is 0.626 e. The number of aromatic nitrogens is 1. The van der Waals surface area contributed by atoms with Gasteiger partial charge in [0.15, 0.2) is 6.54 Å². The van der Waals surface area contributed by atoms with Gasteiger partial charge in [0.1, 0.15) is 10.4 Å². The number of piperidine rings is 1. The summed E-state index contributed by atoms with van der Waals surface area (Å²) in [5, 5.41) is 15.5. The van der Waals surface area contributed by atoms with E-state index in [0.29, 0.717) is 29.5 Å². The number of para-hydroxylation sites is 1. The second-order valence-corrected chi connectivity index (χ2v) is 14.2. The number of alkyl halides is 3. The maximum absolute atomic E-state index is 13.8. The molecule has 1 aromatic heterocycles. The lowest BCUT2D eigenvalue weighted by Gasteiger charge is -2.35. The van der Waals surface area contributed by atoms with E-state index >= 15 is 0 Å². The Morgan fingerprint density at radius 1 is 0.860 bits per heavy atom. The Balaban J connectivity index is 0.976. The third-order valence-corrected chi connectivity index (χ3v) is 11.0. The van der Waals surface area contributed by atoms with Crippen LogP contribution in [0.15, 0.2) is 97.1 Å². The first-order valence-corrected chi connectivity index (χ1v) is 17.8. The van der Waals surface area contributed by atoms with E-state index in [2.05, 4.69) is 10.2 Å². The average molecular weight is 699 g/mol. The number of likely N-dealkylation sites (tertiary alicyclic amines) is 1. The molecule has 1 aliphatic heterocycles.